The maximum Gasteiger partial charge on any atom is 0.254 e. The molecule has 2 heterocycles. The molecule has 3 aromatic rings. The molecule has 0 unspecified atom stereocenters. The molecule has 27 heavy (non-hydrogen) atoms. The molecule has 134 valence electrons. The van der Waals surface area contributed by atoms with Crippen molar-refractivity contribution in [1.82, 2.24) is 14.7 Å². The Kier molecular flexibility index (Phi) is 4.47. The molecule has 4 rings (SSSR count). The van der Waals surface area contributed by atoms with Gasteiger partial charge >= 0.3 is 0 Å². The van der Waals surface area contributed by atoms with Crippen LogP contribution in [0.3, 0.4) is 0 Å². The van der Waals surface area contributed by atoms with Crippen molar-refractivity contribution in [3.8, 4) is 17.3 Å². The lowest BCUT2D eigenvalue weighted by Gasteiger charge is -2.20. The molecule has 0 bridgehead atoms. The lowest BCUT2D eigenvalue weighted by Crippen LogP contribution is -2.30. The minimum absolute atomic E-state index is 0.0429. The third-order valence-corrected chi connectivity index (χ3v) is 4.89. The largest absolute Gasteiger partial charge is 0.333 e. The molecule has 0 radical (unpaired) electrons. The van der Waals surface area contributed by atoms with Crippen LogP contribution in [0.25, 0.3) is 11.3 Å². The van der Waals surface area contributed by atoms with Crippen LogP contribution in [-0.4, -0.2) is 27.1 Å². The molecular weight excluding hydrogens is 336 g/mol. The van der Waals surface area contributed by atoms with E-state index in [0.29, 0.717) is 24.2 Å². The van der Waals surface area contributed by atoms with Gasteiger partial charge in [-0.05, 0) is 37.6 Å². The first-order valence-electron chi connectivity index (χ1n) is 9.07. The first-order chi connectivity index (χ1) is 13.1. The van der Waals surface area contributed by atoms with E-state index in [1.165, 1.54) is 5.56 Å². The maximum atomic E-state index is 12.9. The van der Waals surface area contributed by atoms with Gasteiger partial charge in [-0.15, -0.1) is 0 Å². The van der Waals surface area contributed by atoms with Crippen LogP contribution in [0.5, 0.6) is 0 Å². The smallest absolute Gasteiger partial charge is 0.254 e. The summed E-state index contributed by atoms with van der Waals surface area (Å²) in [6, 6.07) is 19.4. The molecule has 0 N–H and O–H groups in total. The van der Waals surface area contributed by atoms with E-state index >= 15 is 0 Å². The zero-order valence-corrected chi connectivity index (χ0v) is 15.2. The number of hydrogen-bond donors (Lipinski definition) is 0. The number of rotatable bonds is 2. The number of hydrogen-bond acceptors (Lipinski definition) is 3. The average Bonchev–Trinajstić information content (AvgIpc) is 2.99. The Morgan fingerprint density at radius 2 is 1.93 bits per heavy atom. The van der Waals surface area contributed by atoms with Crippen molar-refractivity contribution in [2.24, 2.45) is 0 Å². The fourth-order valence-corrected chi connectivity index (χ4v) is 3.41. The number of amides is 1. The summed E-state index contributed by atoms with van der Waals surface area (Å²) in [5, 5.41) is 13.8. The number of aryl methyl sites for hydroxylation is 2. The minimum atomic E-state index is -0.0429. The topological polar surface area (TPSA) is 61.9 Å². The monoisotopic (exact) mass is 356 g/mol. The summed E-state index contributed by atoms with van der Waals surface area (Å²) in [5.41, 5.74) is 5.33. The normalized spacial score (nSPS) is 13.6. The Hall–Kier alpha value is -3.39. The van der Waals surface area contributed by atoms with E-state index in [1.807, 2.05) is 9.58 Å². The number of benzene rings is 2. The number of fused-ring (bicyclic) bond motifs is 1. The first-order valence-corrected chi connectivity index (χ1v) is 9.07. The van der Waals surface area contributed by atoms with Crippen LogP contribution in [0.4, 0.5) is 0 Å². The highest BCUT2D eigenvalue weighted by Gasteiger charge is 2.22. The molecule has 1 aromatic heterocycles. The van der Waals surface area contributed by atoms with Gasteiger partial charge in [-0.25, -0.2) is 0 Å². The van der Waals surface area contributed by atoms with Gasteiger partial charge in [0.2, 0.25) is 0 Å². The van der Waals surface area contributed by atoms with Gasteiger partial charge in [-0.3, -0.25) is 9.48 Å². The van der Waals surface area contributed by atoms with Crippen molar-refractivity contribution in [1.29, 1.82) is 5.26 Å². The Bertz CT molecular complexity index is 1030. The molecule has 1 amide bonds. The number of carbonyl (C=O) groups excluding carboxylic acids is 1. The van der Waals surface area contributed by atoms with Crippen LogP contribution in [0, 0.1) is 18.3 Å². The van der Waals surface area contributed by atoms with E-state index in [4.69, 9.17) is 10.4 Å². The van der Waals surface area contributed by atoms with Crippen LogP contribution in [0.2, 0.25) is 0 Å². The molecule has 1 aliphatic rings. The lowest BCUT2D eigenvalue weighted by molar-refractivity contribution is 0.0745. The fraction of sp³-hybridized carbons (Fsp3) is 0.227. The number of nitrogens with zero attached hydrogens (tertiary/aromatic N) is 4. The summed E-state index contributed by atoms with van der Waals surface area (Å²) in [5.74, 6) is -0.0429. The van der Waals surface area contributed by atoms with E-state index in [0.717, 1.165) is 29.9 Å². The van der Waals surface area contributed by atoms with Gasteiger partial charge in [0.05, 0.1) is 29.6 Å². The number of carbonyl (C=O) groups is 1. The number of aromatic nitrogens is 2. The van der Waals surface area contributed by atoms with E-state index < -0.39 is 0 Å². The average molecular weight is 356 g/mol. The van der Waals surface area contributed by atoms with Crippen molar-refractivity contribution in [2.75, 3.05) is 6.54 Å². The zero-order chi connectivity index (χ0) is 18.8. The van der Waals surface area contributed by atoms with Crippen LogP contribution in [0.15, 0.2) is 54.6 Å². The fourth-order valence-electron chi connectivity index (χ4n) is 3.41. The molecule has 5 heteroatoms. The Morgan fingerprint density at radius 1 is 1.11 bits per heavy atom. The van der Waals surface area contributed by atoms with Crippen LogP contribution in [0.1, 0.15) is 33.6 Å². The highest BCUT2D eigenvalue weighted by Crippen LogP contribution is 2.23. The highest BCUT2D eigenvalue weighted by molar-refractivity contribution is 5.94. The summed E-state index contributed by atoms with van der Waals surface area (Å²) < 4.78 is 2.01. The highest BCUT2D eigenvalue weighted by atomic mass is 16.2. The molecular formula is C22H20N4O. The van der Waals surface area contributed by atoms with Crippen molar-refractivity contribution in [3.05, 3.63) is 77.0 Å². The Labute approximate surface area is 158 Å². The summed E-state index contributed by atoms with van der Waals surface area (Å²) in [4.78, 5) is 14.8. The van der Waals surface area contributed by atoms with Crippen molar-refractivity contribution in [2.45, 2.75) is 26.4 Å². The zero-order valence-electron chi connectivity index (χ0n) is 15.2. The van der Waals surface area contributed by atoms with Crippen molar-refractivity contribution < 1.29 is 4.79 Å². The molecule has 1 aliphatic heterocycles. The quantitative estimate of drug-likeness (QED) is 0.702. The van der Waals surface area contributed by atoms with Gasteiger partial charge in [0.15, 0.2) is 0 Å². The van der Waals surface area contributed by atoms with Gasteiger partial charge in [0, 0.05) is 24.2 Å². The predicted octanol–water partition coefficient (Wildman–Crippen LogP) is 3.78. The second-order valence-corrected chi connectivity index (χ2v) is 6.88. The van der Waals surface area contributed by atoms with Crippen LogP contribution < -0.4 is 0 Å². The molecule has 0 saturated heterocycles. The van der Waals surface area contributed by atoms with Crippen LogP contribution in [-0.2, 0) is 13.1 Å². The number of nitriles is 1. The van der Waals surface area contributed by atoms with Gasteiger partial charge in [0.1, 0.15) is 0 Å². The van der Waals surface area contributed by atoms with Gasteiger partial charge in [-0.2, -0.15) is 10.4 Å². The van der Waals surface area contributed by atoms with E-state index in [9.17, 15) is 4.79 Å². The Balaban J connectivity index is 1.60. The van der Waals surface area contributed by atoms with Gasteiger partial charge in [0.25, 0.3) is 5.91 Å². The molecule has 0 fully saturated rings. The third-order valence-electron chi connectivity index (χ3n) is 4.89. The van der Waals surface area contributed by atoms with Gasteiger partial charge < -0.3 is 4.90 Å². The summed E-state index contributed by atoms with van der Waals surface area (Å²) >= 11 is 0. The standard InChI is InChI=1S/C22H20N4O/c1-16-6-8-18(9-7-16)21-13-20-15-25(10-3-11-26(20)24-21)22(27)19-5-2-4-17(12-19)14-23/h2,4-9,12-13H,3,10-11,15H2,1H3. The van der Waals surface area contributed by atoms with E-state index in [2.05, 4.69) is 43.3 Å². The summed E-state index contributed by atoms with van der Waals surface area (Å²) in [6.45, 7) is 4.06. The molecule has 0 saturated carbocycles. The molecule has 0 spiro atoms. The van der Waals surface area contributed by atoms with E-state index in [1.54, 1.807) is 24.3 Å². The third kappa shape index (κ3) is 3.47. The SMILES string of the molecule is Cc1ccc(-c2cc3n(n2)CCCN(C(=O)c2cccc(C#N)c2)C3)cc1. The molecule has 0 atom stereocenters. The van der Waals surface area contributed by atoms with Crippen LogP contribution >= 0.6 is 0 Å². The predicted molar refractivity (Wildman–Crippen MR) is 103 cm³/mol. The molecule has 0 aliphatic carbocycles. The van der Waals surface area contributed by atoms with Crippen molar-refractivity contribution >= 4 is 5.91 Å². The minimum Gasteiger partial charge on any atom is -0.333 e. The van der Waals surface area contributed by atoms with Gasteiger partial charge in [-0.1, -0.05) is 35.9 Å². The lowest BCUT2D eigenvalue weighted by atomic mass is 10.1. The first kappa shape index (κ1) is 17.0. The van der Waals surface area contributed by atoms with E-state index in [-0.39, 0.29) is 5.91 Å². The second-order valence-electron chi connectivity index (χ2n) is 6.88. The molecule has 5 nitrogen and oxygen atoms in total. The second kappa shape index (κ2) is 7.08. The Morgan fingerprint density at radius 3 is 2.70 bits per heavy atom. The molecule has 2 aromatic carbocycles. The van der Waals surface area contributed by atoms with Crippen molar-refractivity contribution in [3.63, 3.8) is 0 Å². The summed E-state index contributed by atoms with van der Waals surface area (Å²) in [7, 11) is 0. The maximum absolute atomic E-state index is 12.9. The summed E-state index contributed by atoms with van der Waals surface area (Å²) in [6.07, 6.45) is 0.853.